The molecule has 1 amide bonds. The van der Waals surface area contributed by atoms with Gasteiger partial charge in [-0.1, -0.05) is 30.3 Å². The molecule has 3 heterocycles. The maximum Gasteiger partial charge on any atom is 0.323 e. The number of nitrogens with zero attached hydrogens (tertiary/aromatic N) is 4. The van der Waals surface area contributed by atoms with Gasteiger partial charge in [-0.05, 0) is 36.1 Å². The molecular formula is C26H29N7O2. The minimum absolute atomic E-state index is 0.0722. The summed E-state index contributed by atoms with van der Waals surface area (Å²) in [6.07, 6.45) is 6.06. The molecule has 4 aromatic rings. The lowest BCUT2D eigenvalue weighted by Crippen LogP contribution is -2.37. The Hall–Kier alpha value is -3.82. The van der Waals surface area contributed by atoms with Crippen molar-refractivity contribution in [3.63, 3.8) is 0 Å². The Morgan fingerprint density at radius 3 is 2.63 bits per heavy atom. The molecule has 1 atom stereocenters. The van der Waals surface area contributed by atoms with E-state index in [4.69, 9.17) is 0 Å². The van der Waals surface area contributed by atoms with Crippen LogP contribution in [0.15, 0.2) is 71.9 Å². The van der Waals surface area contributed by atoms with Crippen molar-refractivity contribution in [2.45, 2.75) is 13.0 Å². The fourth-order valence-corrected chi connectivity index (χ4v) is 4.76. The summed E-state index contributed by atoms with van der Waals surface area (Å²) in [5.41, 5.74) is 4.04. The van der Waals surface area contributed by atoms with Crippen LogP contribution in [-0.2, 0) is 17.8 Å². The van der Waals surface area contributed by atoms with Crippen LogP contribution in [-0.4, -0.2) is 68.4 Å². The highest BCUT2D eigenvalue weighted by Crippen LogP contribution is 2.18. The molecule has 0 spiro atoms. The smallest absolute Gasteiger partial charge is 0.323 e. The number of aromatic amines is 2. The summed E-state index contributed by atoms with van der Waals surface area (Å²) in [5, 5.41) is 2.97. The van der Waals surface area contributed by atoms with Gasteiger partial charge in [0.05, 0.1) is 23.3 Å². The van der Waals surface area contributed by atoms with E-state index in [1.165, 1.54) is 5.56 Å². The standard InChI is InChI=1S/C26H29N7O2/c34-25(29-21-6-7-23-24(13-21)31-26(35)30-23)18-33-11-10-32(15-19-4-2-1-3-5-19)16-20(17-33)12-22-14-27-8-9-28-22/h1-9,13-14,20H,10-12,15-18H2,(H,29,34)(H2,30,31,35)/t20-/m0/s1. The summed E-state index contributed by atoms with van der Waals surface area (Å²) in [6, 6.07) is 15.8. The number of benzene rings is 2. The number of nitrogens with one attached hydrogen (secondary N) is 3. The van der Waals surface area contributed by atoms with E-state index in [1.54, 1.807) is 30.6 Å². The maximum absolute atomic E-state index is 12.9. The Morgan fingerprint density at radius 1 is 1.00 bits per heavy atom. The summed E-state index contributed by atoms with van der Waals surface area (Å²) in [4.78, 5) is 43.2. The van der Waals surface area contributed by atoms with Gasteiger partial charge in [0, 0.05) is 57.0 Å². The van der Waals surface area contributed by atoms with Gasteiger partial charge in [0.15, 0.2) is 0 Å². The molecule has 2 aromatic carbocycles. The zero-order valence-electron chi connectivity index (χ0n) is 19.5. The largest absolute Gasteiger partial charge is 0.325 e. The van der Waals surface area contributed by atoms with E-state index >= 15 is 0 Å². The van der Waals surface area contributed by atoms with Crippen LogP contribution in [0.4, 0.5) is 5.69 Å². The van der Waals surface area contributed by atoms with E-state index in [-0.39, 0.29) is 11.6 Å². The van der Waals surface area contributed by atoms with E-state index in [0.717, 1.165) is 44.8 Å². The van der Waals surface area contributed by atoms with Crippen LogP contribution in [0.5, 0.6) is 0 Å². The van der Waals surface area contributed by atoms with Gasteiger partial charge in [-0.15, -0.1) is 0 Å². The van der Waals surface area contributed by atoms with Gasteiger partial charge >= 0.3 is 5.69 Å². The number of carbonyl (C=O) groups is 1. The number of hydrogen-bond donors (Lipinski definition) is 3. The summed E-state index contributed by atoms with van der Waals surface area (Å²) in [7, 11) is 0. The third kappa shape index (κ3) is 6.20. The predicted molar refractivity (Wildman–Crippen MR) is 135 cm³/mol. The molecule has 9 heteroatoms. The summed E-state index contributed by atoms with van der Waals surface area (Å²) < 4.78 is 0. The highest BCUT2D eigenvalue weighted by atomic mass is 16.2. The van der Waals surface area contributed by atoms with Crippen LogP contribution in [0, 0.1) is 5.92 Å². The number of anilines is 1. The van der Waals surface area contributed by atoms with Crippen molar-refractivity contribution in [1.29, 1.82) is 0 Å². The van der Waals surface area contributed by atoms with Crippen molar-refractivity contribution >= 4 is 22.6 Å². The van der Waals surface area contributed by atoms with Gasteiger partial charge in [0.1, 0.15) is 0 Å². The van der Waals surface area contributed by atoms with Crippen LogP contribution in [0.2, 0.25) is 0 Å². The van der Waals surface area contributed by atoms with Crippen molar-refractivity contribution < 1.29 is 4.79 Å². The van der Waals surface area contributed by atoms with Crippen LogP contribution in [0.1, 0.15) is 11.3 Å². The van der Waals surface area contributed by atoms with E-state index in [2.05, 4.69) is 59.3 Å². The Kier molecular flexibility index (Phi) is 6.97. The first-order valence-corrected chi connectivity index (χ1v) is 11.9. The molecule has 9 nitrogen and oxygen atoms in total. The van der Waals surface area contributed by atoms with Crippen molar-refractivity contribution in [1.82, 2.24) is 29.7 Å². The molecule has 1 fully saturated rings. The molecule has 0 bridgehead atoms. The van der Waals surface area contributed by atoms with Crippen molar-refractivity contribution in [3.8, 4) is 0 Å². The second kappa shape index (κ2) is 10.6. The second-order valence-electron chi connectivity index (χ2n) is 9.11. The Bertz CT molecular complexity index is 1320. The van der Waals surface area contributed by atoms with E-state index < -0.39 is 0 Å². The second-order valence-corrected chi connectivity index (χ2v) is 9.11. The van der Waals surface area contributed by atoms with E-state index in [1.807, 2.05) is 12.3 Å². The molecule has 0 saturated carbocycles. The molecular weight excluding hydrogens is 442 g/mol. The van der Waals surface area contributed by atoms with Crippen LogP contribution < -0.4 is 11.0 Å². The molecule has 1 saturated heterocycles. The van der Waals surface area contributed by atoms with Gasteiger partial charge in [-0.2, -0.15) is 0 Å². The molecule has 3 N–H and O–H groups in total. The van der Waals surface area contributed by atoms with Gasteiger partial charge in [-0.3, -0.25) is 24.6 Å². The molecule has 0 aliphatic carbocycles. The fraction of sp³-hybridized carbons (Fsp3) is 0.308. The quantitative estimate of drug-likeness (QED) is 0.381. The van der Waals surface area contributed by atoms with E-state index in [0.29, 0.717) is 29.2 Å². The predicted octanol–water partition coefficient (Wildman–Crippen LogP) is 2.26. The fourth-order valence-electron chi connectivity index (χ4n) is 4.76. The zero-order valence-corrected chi connectivity index (χ0v) is 19.5. The zero-order chi connectivity index (χ0) is 24.0. The molecule has 2 aromatic heterocycles. The van der Waals surface area contributed by atoms with Crippen LogP contribution >= 0.6 is 0 Å². The van der Waals surface area contributed by atoms with Crippen molar-refractivity contribution in [2.24, 2.45) is 5.92 Å². The highest BCUT2D eigenvalue weighted by molar-refractivity contribution is 5.94. The first-order valence-electron chi connectivity index (χ1n) is 11.9. The topological polar surface area (TPSA) is 110 Å². The van der Waals surface area contributed by atoms with Crippen LogP contribution in [0.3, 0.4) is 0 Å². The normalized spacial score (nSPS) is 17.3. The number of imidazole rings is 1. The van der Waals surface area contributed by atoms with Gasteiger partial charge in [0.2, 0.25) is 5.91 Å². The van der Waals surface area contributed by atoms with Gasteiger partial charge in [0.25, 0.3) is 0 Å². The van der Waals surface area contributed by atoms with Crippen molar-refractivity contribution in [3.05, 3.63) is 88.9 Å². The Morgan fingerprint density at radius 2 is 1.80 bits per heavy atom. The molecule has 5 rings (SSSR count). The summed E-state index contributed by atoms with van der Waals surface area (Å²) >= 11 is 0. The summed E-state index contributed by atoms with van der Waals surface area (Å²) in [5.74, 6) is 0.254. The number of H-pyrrole nitrogens is 2. The third-order valence-electron chi connectivity index (χ3n) is 6.30. The first kappa shape index (κ1) is 22.9. The first-order chi connectivity index (χ1) is 17.1. The molecule has 0 unspecified atom stereocenters. The van der Waals surface area contributed by atoms with Crippen LogP contribution in [0.25, 0.3) is 11.0 Å². The monoisotopic (exact) mass is 471 g/mol. The minimum atomic E-state index is -0.262. The SMILES string of the molecule is O=C(CN1CCN(Cc2ccccc2)C[C@H](Cc2cnccn2)C1)Nc1ccc2[nH]c(=O)[nH]c2c1. The van der Waals surface area contributed by atoms with Crippen molar-refractivity contribution in [2.75, 3.05) is 38.0 Å². The number of hydrogen-bond acceptors (Lipinski definition) is 6. The lowest BCUT2D eigenvalue weighted by Gasteiger charge is -2.24. The maximum atomic E-state index is 12.9. The summed E-state index contributed by atoms with van der Waals surface area (Å²) in [6.45, 7) is 4.61. The number of fused-ring (bicyclic) bond motifs is 1. The van der Waals surface area contributed by atoms with E-state index in [9.17, 15) is 9.59 Å². The molecule has 180 valence electrons. The lowest BCUT2D eigenvalue weighted by molar-refractivity contribution is -0.117. The Balaban J connectivity index is 1.26. The van der Waals surface area contributed by atoms with Gasteiger partial charge in [-0.25, -0.2) is 4.79 Å². The number of amides is 1. The average molecular weight is 472 g/mol. The average Bonchev–Trinajstić information content (AvgIpc) is 3.12. The molecule has 0 radical (unpaired) electrons. The lowest BCUT2D eigenvalue weighted by atomic mass is 10.0. The third-order valence-corrected chi connectivity index (χ3v) is 6.30. The molecule has 35 heavy (non-hydrogen) atoms. The number of carbonyl (C=O) groups excluding carboxylic acids is 1. The Labute approximate surface area is 203 Å². The number of aromatic nitrogens is 4. The number of rotatable bonds is 7. The molecule has 1 aliphatic heterocycles. The minimum Gasteiger partial charge on any atom is -0.325 e. The highest BCUT2D eigenvalue weighted by Gasteiger charge is 2.25. The molecule has 1 aliphatic rings. The van der Waals surface area contributed by atoms with Gasteiger partial charge < -0.3 is 15.3 Å².